The molecule has 2 N–H and O–H groups in total. The molecule has 3 aromatic carbocycles. The maximum atomic E-state index is 13.4. The molecular weight excluding hydrogens is 564 g/mol. The van der Waals surface area contributed by atoms with Gasteiger partial charge in [-0.05, 0) is 59.7 Å². The first-order valence-corrected chi connectivity index (χ1v) is 14.5. The molecule has 40 heavy (non-hydrogen) atoms. The maximum Gasteiger partial charge on any atom is 0.318 e. The highest BCUT2D eigenvalue weighted by atomic mass is 32.2. The van der Waals surface area contributed by atoms with E-state index in [1.54, 1.807) is 12.1 Å². The van der Waals surface area contributed by atoms with Crippen molar-refractivity contribution >= 4 is 32.0 Å². The summed E-state index contributed by atoms with van der Waals surface area (Å²) in [5.41, 5.74) is 0.585. The van der Waals surface area contributed by atoms with Gasteiger partial charge in [-0.25, -0.2) is 16.8 Å². The Hall–Kier alpha value is -3.98. The van der Waals surface area contributed by atoms with E-state index in [-0.39, 0.29) is 9.79 Å². The lowest BCUT2D eigenvalue weighted by Crippen LogP contribution is -2.37. The minimum absolute atomic E-state index is 0.165. The van der Waals surface area contributed by atoms with Gasteiger partial charge < -0.3 is 19.7 Å². The van der Waals surface area contributed by atoms with Crippen LogP contribution in [0, 0.1) is 0 Å². The predicted octanol–water partition coefficient (Wildman–Crippen LogP) is 2.25. The van der Waals surface area contributed by atoms with Crippen LogP contribution in [0.5, 0.6) is 11.5 Å². The summed E-state index contributed by atoms with van der Waals surface area (Å²) in [4.78, 5) is 22.9. The zero-order valence-electron chi connectivity index (χ0n) is 21.6. The quantitative estimate of drug-likeness (QED) is 0.283. The largest absolute Gasteiger partial charge is 0.497 e. The first-order chi connectivity index (χ1) is 18.9. The molecule has 0 spiro atoms. The third-order valence-electron chi connectivity index (χ3n) is 5.83. The number of hydrogen-bond acceptors (Lipinski definition) is 8. The highest BCUT2D eigenvalue weighted by Crippen LogP contribution is 2.25. The van der Waals surface area contributed by atoms with Crippen LogP contribution in [0.3, 0.4) is 0 Å². The number of sulfonamides is 2. The summed E-state index contributed by atoms with van der Waals surface area (Å²) in [5.74, 6) is -1.98. The summed E-state index contributed by atoms with van der Waals surface area (Å²) in [7, 11) is -5.77. The molecule has 0 unspecified atom stereocenters. The Morgan fingerprint density at radius 1 is 0.625 bits per heavy atom. The van der Waals surface area contributed by atoms with Crippen molar-refractivity contribution in [3.8, 4) is 11.5 Å². The van der Waals surface area contributed by atoms with Gasteiger partial charge in [-0.3, -0.25) is 9.59 Å². The van der Waals surface area contributed by atoms with Gasteiger partial charge in [0.2, 0.25) is 20.0 Å². The summed E-state index contributed by atoms with van der Waals surface area (Å²) in [6, 6.07) is 17.0. The Bertz CT molecular complexity index is 1440. The molecule has 0 bridgehead atoms. The molecule has 0 atom stereocenters. The average Bonchev–Trinajstić information content (AvgIpc) is 2.92. The Kier molecular flexibility index (Phi) is 9.87. The van der Waals surface area contributed by atoms with Crippen molar-refractivity contribution in [2.75, 3.05) is 27.3 Å². The molecule has 214 valence electrons. The van der Waals surface area contributed by atoms with Gasteiger partial charge >= 0.3 is 11.9 Å². The van der Waals surface area contributed by atoms with Crippen molar-refractivity contribution in [3.63, 3.8) is 0 Å². The summed E-state index contributed by atoms with van der Waals surface area (Å²) in [5, 5.41) is 18.9. The van der Waals surface area contributed by atoms with Crippen LogP contribution in [-0.2, 0) is 42.7 Å². The number of aliphatic carboxylic acids is 2. The van der Waals surface area contributed by atoms with Gasteiger partial charge in [0, 0.05) is 13.1 Å². The topological polar surface area (TPSA) is 168 Å². The van der Waals surface area contributed by atoms with Crippen molar-refractivity contribution in [2.24, 2.45) is 0 Å². The number of carboxylic acids is 2. The standard InChI is InChI=1S/C26H28N2O10S2/c1-37-21-7-11-23(12-8-21)39(33,34)27(17-25(29)30)15-19-5-3-4-6-20(19)16-28(18-26(31)32)40(35,36)24-13-9-22(38-2)10-14-24/h3-14H,15-18H2,1-2H3,(H,29,30)(H,31,32). The monoisotopic (exact) mass is 592 g/mol. The summed E-state index contributed by atoms with van der Waals surface area (Å²) in [6.07, 6.45) is 0. The molecule has 0 saturated heterocycles. The number of methoxy groups -OCH3 is 2. The van der Waals surface area contributed by atoms with E-state index in [1.165, 1.54) is 74.9 Å². The molecule has 0 aliphatic heterocycles. The fourth-order valence-corrected chi connectivity index (χ4v) is 6.53. The fourth-order valence-electron chi connectivity index (χ4n) is 3.79. The van der Waals surface area contributed by atoms with Crippen LogP contribution in [0.2, 0.25) is 0 Å². The Labute approximate surface area is 232 Å². The second-order valence-corrected chi connectivity index (χ2v) is 12.3. The number of benzene rings is 3. The zero-order valence-corrected chi connectivity index (χ0v) is 23.3. The SMILES string of the molecule is COc1ccc(S(=O)(=O)N(CC(=O)O)Cc2ccccc2CN(CC(=O)O)S(=O)(=O)c2ccc(OC)cc2)cc1. The van der Waals surface area contributed by atoms with E-state index in [9.17, 15) is 36.6 Å². The first kappa shape index (κ1) is 30.6. The lowest BCUT2D eigenvalue weighted by molar-refractivity contribution is -0.138. The molecular formula is C26H28N2O10S2. The minimum Gasteiger partial charge on any atom is -0.497 e. The smallest absolute Gasteiger partial charge is 0.318 e. The predicted molar refractivity (Wildman–Crippen MR) is 143 cm³/mol. The molecule has 0 saturated carbocycles. The number of ether oxygens (including phenoxy) is 2. The lowest BCUT2D eigenvalue weighted by atomic mass is 10.1. The van der Waals surface area contributed by atoms with E-state index in [0.717, 1.165) is 8.61 Å². The highest BCUT2D eigenvalue weighted by Gasteiger charge is 2.30. The Morgan fingerprint density at radius 2 is 0.950 bits per heavy atom. The van der Waals surface area contributed by atoms with E-state index in [0.29, 0.717) is 22.6 Å². The maximum absolute atomic E-state index is 13.4. The van der Waals surface area contributed by atoms with Crippen LogP contribution in [0.25, 0.3) is 0 Å². The van der Waals surface area contributed by atoms with Crippen LogP contribution in [0.4, 0.5) is 0 Å². The second-order valence-electron chi connectivity index (χ2n) is 8.45. The van der Waals surface area contributed by atoms with E-state index in [2.05, 4.69) is 0 Å². The van der Waals surface area contributed by atoms with Crippen molar-refractivity contribution in [3.05, 3.63) is 83.9 Å². The van der Waals surface area contributed by atoms with E-state index < -0.39 is 58.2 Å². The molecule has 0 amide bonds. The highest BCUT2D eigenvalue weighted by molar-refractivity contribution is 7.89. The fraction of sp³-hybridized carbons (Fsp3) is 0.231. The van der Waals surface area contributed by atoms with E-state index >= 15 is 0 Å². The molecule has 14 heteroatoms. The van der Waals surface area contributed by atoms with Gasteiger partial charge in [-0.1, -0.05) is 24.3 Å². The molecule has 0 aromatic heterocycles. The normalized spacial score (nSPS) is 11.9. The van der Waals surface area contributed by atoms with Crippen molar-refractivity contribution in [2.45, 2.75) is 22.9 Å². The van der Waals surface area contributed by atoms with Gasteiger partial charge in [0.1, 0.15) is 24.6 Å². The Morgan fingerprint density at radius 3 is 1.23 bits per heavy atom. The van der Waals surface area contributed by atoms with Crippen molar-refractivity contribution in [1.82, 2.24) is 8.61 Å². The third kappa shape index (κ3) is 7.35. The number of rotatable bonds is 14. The lowest BCUT2D eigenvalue weighted by Gasteiger charge is -2.25. The zero-order chi connectivity index (χ0) is 29.5. The van der Waals surface area contributed by atoms with Gasteiger partial charge in [-0.15, -0.1) is 0 Å². The summed E-state index contributed by atoms with van der Waals surface area (Å²) < 4.78 is 65.1. The summed E-state index contributed by atoms with van der Waals surface area (Å²) in [6.45, 7) is -2.57. The van der Waals surface area contributed by atoms with Gasteiger partial charge in [0.25, 0.3) is 0 Å². The van der Waals surface area contributed by atoms with Gasteiger partial charge in [-0.2, -0.15) is 8.61 Å². The van der Waals surface area contributed by atoms with Crippen LogP contribution in [0.1, 0.15) is 11.1 Å². The average molecular weight is 593 g/mol. The van der Waals surface area contributed by atoms with Crippen LogP contribution < -0.4 is 9.47 Å². The molecule has 3 rings (SSSR count). The summed E-state index contributed by atoms with van der Waals surface area (Å²) >= 11 is 0. The van der Waals surface area contributed by atoms with Gasteiger partial charge in [0.15, 0.2) is 0 Å². The van der Waals surface area contributed by atoms with Crippen LogP contribution in [0.15, 0.2) is 82.6 Å². The second kappa shape index (κ2) is 12.9. The molecule has 0 radical (unpaired) electrons. The molecule has 12 nitrogen and oxygen atoms in total. The molecule has 3 aromatic rings. The number of carboxylic acid groups (broad SMARTS) is 2. The van der Waals surface area contributed by atoms with Crippen LogP contribution in [-0.4, -0.2) is 74.9 Å². The molecule has 0 heterocycles. The molecule has 0 fully saturated rings. The third-order valence-corrected chi connectivity index (χ3v) is 9.44. The van der Waals surface area contributed by atoms with Crippen LogP contribution >= 0.6 is 0 Å². The van der Waals surface area contributed by atoms with E-state index in [4.69, 9.17) is 9.47 Å². The Balaban J connectivity index is 1.99. The number of carbonyl (C=O) groups is 2. The minimum atomic E-state index is -4.30. The van der Waals surface area contributed by atoms with Gasteiger partial charge in [0.05, 0.1) is 24.0 Å². The van der Waals surface area contributed by atoms with E-state index in [1.807, 2.05) is 0 Å². The molecule has 0 aliphatic carbocycles. The molecule has 0 aliphatic rings. The first-order valence-electron chi connectivity index (χ1n) is 11.7. The number of hydrogen-bond donors (Lipinski definition) is 2. The van der Waals surface area contributed by atoms with Crippen molar-refractivity contribution in [1.29, 1.82) is 0 Å². The van der Waals surface area contributed by atoms with Crippen molar-refractivity contribution < 1.29 is 46.1 Å². The number of nitrogens with zero attached hydrogens (tertiary/aromatic N) is 2.